The Morgan fingerprint density at radius 1 is 1.30 bits per heavy atom. The summed E-state index contributed by atoms with van der Waals surface area (Å²) in [7, 11) is 0. The molecule has 2 N–H and O–H groups in total. The van der Waals surface area contributed by atoms with E-state index in [4.69, 9.17) is 14.9 Å². The lowest BCUT2D eigenvalue weighted by atomic mass is 9.85. The van der Waals surface area contributed by atoms with Gasteiger partial charge in [-0.25, -0.2) is 0 Å². The first-order chi connectivity index (χ1) is 9.44. The van der Waals surface area contributed by atoms with Crippen LogP contribution in [0.3, 0.4) is 0 Å². The number of aryl methyl sites for hydroxylation is 1. The summed E-state index contributed by atoms with van der Waals surface area (Å²) >= 11 is 0. The average molecular weight is 274 g/mol. The maximum Gasteiger partial charge on any atom is 0.399 e. The van der Waals surface area contributed by atoms with Crippen LogP contribution in [-0.2, 0) is 18.4 Å². The van der Waals surface area contributed by atoms with Gasteiger partial charge in [0.05, 0.1) is 5.69 Å². The van der Waals surface area contributed by atoms with Gasteiger partial charge in [0, 0.05) is 12.1 Å². The van der Waals surface area contributed by atoms with Crippen molar-refractivity contribution in [3.8, 4) is 11.8 Å². The van der Waals surface area contributed by atoms with Crippen molar-refractivity contribution < 1.29 is 9.15 Å². The summed E-state index contributed by atoms with van der Waals surface area (Å²) < 4.78 is 11.1. The number of oxazole rings is 1. The van der Waals surface area contributed by atoms with E-state index in [2.05, 4.69) is 44.8 Å². The SMILES string of the molecule is CCc1ccc(Oc2nc(CN)co2)c(C(C)(C)C)c1. The van der Waals surface area contributed by atoms with Crippen molar-refractivity contribution in [3.05, 3.63) is 41.3 Å². The molecule has 4 nitrogen and oxygen atoms in total. The first-order valence-electron chi connectivity index (χ1n) is 6.89. The highest BCUT2D eigenvalue weighted by atomic mass is 16.6. The molecule has 0 amide bonds. The second-order valence-electron chi connectivity index (χ2n) is 5.85. The Morgan fingerprint density at radius 2 is 2.05 bits per heavy atom. The molecule has 0 fully saturated rings. The highest BCUT2D eigenvalue weighted by Crippen LogP contribution is 2.34. The quantitative estimate of drug-likeness (QED) is 0.921. The third-order valence-electron chi connectivity index (χ3n) is 3.20. The van der Waals surface area contributed by atoms with Gasteiger partial charge in [0.25, 0.3) is 0 Å². The third-order valence-corrected chi connectivity index (χ3v) is 3.20. The Kier molecular flexibility index (Phi) is 4.14. The van der Waals surface area contributed by atoms with Crippen LogP contribution in [0.2, 0.25) is 0 Å². The zero-order valence-electron chi connectivity index (χ0n) is 12.6. The van der Waals surface area contributed by atoms with Gasteiger partial charge >= 0.3 is 6.08 Å². The molecule has 0 radical (unpaired) electrons. The van der Waals surface area contributed by atoms with Gasteiger partial charge in [0.15, 0.2) is 0 Å². The highest BCUT2D eigenvalue weighted by Gasteiger charge is 2.21. The average Bonchev–Trinajstić information content (AvgIpc) is 2.85. The van der Waals surface area contributed by atoms with E-state index in [0.29, 0.717) is 12.2 Å². The van der Waals surface area contributed by atoms with E-state index in [9.17, 15) is 0 Å². The van der Waals surface area contributed by atoms with E-state index >= 15 is 0 Å². The van der Waals surface area contributed by atoms with Crippen LogP contribution in [0.4, 0.5) is 0 Å². The van der Waals surface area contributed by atoms with E-state index in [1.807, 2.05) is 6.07 Å². The second-order valence-corrected chi connectivity index (χ2v) is 5.85. The maximum atomic E-state index is 5.78. The van der Waals surface area contributed by atoms with Crippen molar-refractivity contribution in [2.45, 2.75) is 46.1 Å². The minimum Gasteiger partial charge on any atom is -0.417 e. The standard InChI is InChI=1S/C16H22N2O2/c1-5-11-6-7-14(13(8-11)16(2,3)4)20-15-18-12(9-17)10-19-15/h6-8,10H,5,9,17H2,1-4H3. The van der Waals surface area contributed by atoms with Crippen molar-refractivity contribution >= 4 is 0 Å². The molecule has 0 atom stereocenters. The van der Waals surface area contributed by atoms with E-state index in [1.54, 1.807) is 0 Å². The molecule has 2 aromatic rings. The largest absolute Gasteiger partial charge is 0.417 e. The molecule has 0 aliphatic heterocycles. The Labute approximate surface area is 120 Å². The van der Waals surface area contributed by atoms with E-state index < -0.39 is 0 Å². The number of hydrogen-bond acceptors (Lipinski definition) is 4. The molecule has 0 unspecified atom stereocenters. The Balaban J connectivity index is 2.35. The fraction of sp³-hybridized carbons (Fsp3) is 0.438. The Bertz CT molecular complexity index is 582. The lowest BCUT2D eigenvalue weighted by Gasteiger charge is -2.22. The molecule has 20 heavy (non-hydrogen) atoms. The molecular formula is C16H22N2O2. The zero-order chi connectivity index (χ0) is 14.8. The summed E-state index contributed by atoms with van der Waals surface area (Å²) in [5.41, 5.74) is 8.62. The molecule has 2 rings (SSSR count). The summed E-state index contributed by atoms with van der Waals surface area (Å²) in [6.45, 7) is 8.97. The summed E-state index contributed by atoms with van der Waals surface area (Å²) in [5.74, 6) is 0.778. The summed E-state index contributed by atoms with van der Waals surface area (Å²) in [6, 6.07) is 6.23. The van der Waals surface area contributed by atoms with Crippen LogP contribution in [0.15, 0.2) is 28.9 Å². The predicted molar refractivity (Wildman–Crippen MR) is 79.0 cm³/mol. The fourth-order valence-electron chi connectivity index (χ4n) is 2.00. The number of benzene rings is 1. The number of nitrogens with zero attached hydrogens (tertiary/aromatic N) is 1. The van der Waals surface area contributed by atoms with Crippen LogP contribution in [0, 0.1) is 0 Å². The van der Waals surface area contributed by atoms with E-state index in [1.165, 1.54) is 11.8 Å². The van der Waals surface area contributed by atoms with Crippen molar-refractivity contribution in [2.75, 3.05) is 0 Å². The minimum absolute atomic E-state index is 0.0101. The Morgan fingerprint density at radius 3 is 2.60 bits per heavy atom. The molecule has 0 saturated heterocycles. The van der Waals surface area contributed by atoms with Gasteiger partial charge in [0.2, 0.25) is 0 Å². The van der Waals surface area contributed by atoms with Crippen molar-refractivity contribution in [1.82, 2.24) is 4.98 Å². The maximum absolute atomic E-state index is 5.78. The van der Waals surface area contributed by atoms with Crippen LogP contribution in [0.25, 0.3) is 0 Å². The van der Waals surface area contributed by atoms with Crippen LogP contribution >= 0.6 is 0 Å². The molecule has 4 heteroatoms. The lowest BCUT2D eigenvalue weighted by molar-refractivity contribution is 0.324. The zero-order valence-corrected chi connectivity index (χ0v) is 12.6. The molecule has 0 aliphatic carbocycles. The summed E-state index contributed by atoms with van der Waals surface area (Å²) in [6.07, 6.45) is 2.76. The number of nitrogens with two attached hydrogens (primary N) is 1. The van der Waals surface area contributed by atoms with Crippen molar-refractivity contribution in [2.24, 2.45) is 5.73 Å². The van der Waals surface area contributed by atoms with Gasteiger partial charge in [0.1, 0.15) is 12.0 Å². The van der Waals surface area contributed by atoms with Crippen LogP contribution in [0.5, 0.6) is 11.8 Å². The van der Waals surface area contributed by atoms with Crippen LogP contribution < -0.4 is 10.5 Å². The van der Waals surface area contributed by atoms with Gasteiger partial charge in [-0.05, 0) is 23.5 Å². The van der Waals surface area contributed by atoms with Gasteiger partial charge in [-0.3, -0.25) is 0 Å². The topological polar surface area (TPSA) is 61.3 Å². The monoisotopic (exact) mass is 274 g/mol. The van der Waals surface area contributed by atoms with Crippen molar-refractivity contribution in [1.29, 1.82) is 0 Å². The molecule has 1 heterocycles. The molecular weight excluding hydrogens is 252 g/mol. The molecule has 0 spiro atoms. The van der Waals surface area contributed by atoms with Gasteiger partial charge in [-0.2, -0.15) is 4.98 Å². The van der Waals surface area contributed by atoms with Gasteiger partial charge in [-0.15, -0.1) is 0 Å². The fourth-order valence-corrected chi connectivity index (χ4v) is 2.00. The van der Waals surface area contributed by atoms with E-state index in [0.717, 1.165) is 17.7 Å². The molecule has 1 aromatic carbocycles. The normalized spacial score (nSPS) is 11.7. The first-order valence-corrected chi connectivity index (χ1v) is 6.89. The molecule has 0 aliphatic rings. The predicted octanol–water partition coefficient (Wildman–Crippen LogP) is 3.79. The van der Waals surface area contributed by atoms with Crippen LogP contribution in [-0.4, -0.2) is 4.98 Å². The van der Waals surface area contributed by atoms with Crippen molar-refractivity contribution in [3.63, 3.8) is 0 Å². The molecule has 108 valence electrons. The summed E-state index contributed by atoms with van der Waals surface area (Å²) in [5, 5.41) is 0. The van der Waals surface area contributed by atoms with Crippen LogP contribution in [0.1, 0.15) is 44.5 Å². The smallest absolute Gasteiger partial charge is 0.399 e. The lowest BCUT2D eigenvalue weighted by Crippen LogP contribution is -2.13. The first kappa shape index (κ1) is 14.6. The summed E-state index contributed by atoms with van der Waals surface area (Å²) in [4.78, 5) is 4.18. The number of rotatable bonds is 4. The molecule has 0 bridgehead atoms. The minimum atomic E-state index is -0.0101. The second kappa shape index (κ2) is 5.67. The third kappa shape index (κ3) is 3.20. The van der Waals surface area contributed by atoms with Gasteiger partial charge < -0.3 is 14.9 Å². The van der Waals surface area contributed by atoms with E-state index in [-0.39, 0.29) is 11.5 Å². The van der Waals surface area contributed by atoms with Gasteiger partial charge in [-0.1, -0.05) is 39.8 Å². The highest BCUT2D eigenvalue weighted by molar-refractivity contribution is 5.42. The number of aromatic nitrogens is 1. The number of hydrogen-bond donors (Lipinski definition) is 1. The Hall–Kier alpha value is -1.81. The molecule has 0 saturated carbocycles. The number of ether oxygens (including phenoxy) is 1. The molecule has 1 aromatic heterocycles.